The van der Waals surface area contributed by atoms with Gasteiger partial charge in [-0.2, -0.15) is 0 Å². The molecule has 110 valence electrons. The average molecular weight is 362 g/mol. The molecule has 1 heterocycles. The van der Waals surface area contributed by atoms with Crippen LogP contribution in [-0.4, -0.2) is 32.4 Å². The van der Waals surface area contributed by atoms with Crippen molar-refractivity contribution in [2.24, 2.45) is 0 Å². The number of fused-ring (bicyclic) bond motifs is 1. The number of carbonyl (C=O) groups excluding carboxylic acids is 1. The molecule has 7 heteroatoms. The van der Waals surface area contributed by atoms with Crippen molar-refractivity contribution in [3.05, 3.63) is 27.7 Å². The minimum absolute atomic E-state index is 0.250. The lowest BCUT2D eigenvalue weighted by Crippen LogP contribution is -2.37. The molecule has 0 fully saturated rings. The SMILES string of the molecule is CC(C(=O)NCc1cc(Br)cc2c1OCC2)S(C)(=O)=O. The predicted octanol–water partition coefficient (Wildman–Crippen LogP) is 1.43. The van der Waals surface area contributed by atoms with Gasteiger partial charge in [-0.1, -0.05) is 15.9 Å². The van der Waals surface area contributed by atoms with E-state index in [4.69, 9.17) is 4.74 Å². The second-order valence-corrected chi connectivity index (χ2v) is 8.12. The lowest BCUT2D eigenvalue weighted by atomic mass is 10.1. The van der Waals surface area contributed by atoms with Gasteiger partial charge < -0.3 is 10.1 Å². The molecular formula is C13H16BrNO4S. The summed E-state index contributed by atoms with van der Waals surface area (Å²) in [5, 5.41) is 1.59. The Morgan fingerprint density at radius 2 is 2.20 bits per heavy atom. The molecule has 1 atom stereocenters. The van der Waals surface area contributed by atoms with Gasteiger partial charge in [0, 0.05) is 29.3 Å². The molecule has 0 spiro atoms. The van der Waals surface area contributed by atoms with Crippen molar-refractivity contribution in [1.29, 1.82) is 0 Å². The molecule has 1 amide bonds. The Morgan fingerprint density at radius 3 is 2.85 bits per heavy atom. The normalized spacial score (nSPS) is 15.3. The number of hydrogen-bond acceptors (Lipinski definition) is 4. The fourth-order valence-corrected chi connectivity index (χ4v) is 3.02. The number of amides is 1. The first kappa shape index (κ1) is 15.3. The highest BCUT2D eigenvalue weighted by atomic mass is 79.9. The van der Waals surface area contributed by atoms with E-state index in [1.807, 2.05) is 12.1 Å². The molecule has 5 nitrogen and oxygen atoms in total. The number of halogens is 1. The molecule has 2 rings (SSSR count). The smallest absolute Gasteiger partial charge is 0.238 e. The topological polar surface area (TPSA) is 72.5 Å². The Labute approximate surface area is 126 Å². The number of sulfone groups is 1. The van der Waals surface area contributed by atoms with Crippen molar-refractivity contribution in [3.8, 4) is 5.75 Å². The van der Waals surface area contributed by atoms with Crippen LogP contribution in [0.2, 0.25) is 0 Å². The van der Waals surface area contributed by atoms with Crippen LogP contribution in [0, 0.1) is 0 Å². The van der Waals surface area contributed by atoms with Crippen LogP contribution in [0.3, 0.4) is 0 Å². The van der Waals surface area contributed by atoms with Crippen LogP contribution < -0.4 is 10.1 Å². The van der Waals surface area contributed by atoms with Gasteiger partial charge in [0.15, 0.2) is 9.84 Å². The standard InChI is InChI=1S/C13H16BrNO4S/c1-8(20(2,17)18)13(16)15-7-10-6-11(14)5-9-3-4-19-12(9)10/h5-6,8H,3-4,7H2,1-2H3,(H,15,16). The molecule has 0 radical (unpaired) electrons. The van der Waals surface area contributed by atoms with Crippen molar-refractivity contribution >= 4 is 31.7 Å². The van der Waals surface area contributed by atoms with Crippen LogP contribution in [-0.2, 0) is 27.6 Å². The summed E-state index contributed by atoms with van der Waals surface area (Å²) in [4.78, 5) is 11.8. The van der Waals surface area contributed by atoms with Gasteiger partial charge in [-0.25, -0.2) is 8.42 Å². The molecule has 1 aliphatic rings. The molecule has 1 unspecified atom stereocenters. The maximum Gasteiger partial charge on any atom is 0.238 e. The summed E-state index contributed by atoms with van der Waals surface area (Å²) in [6.07, 6.45) is 1.90. The van der Waals surface area contributed by atoms with Crippen molar-refractivity contribution in [2.45, 2.75) is 25.1 Å². The van der Waals surface area contributed by atoms with Crippen LogP contribution in [0.25, 0.3) is 0 Å². The molecule has 0 aliphatic carbocycles. The van der Waals surface area contributed by atoms with Gasteiger partial charge in [0.25, 0.3) is 0 Å². The molecule has 0 bridgehead atoms. The van der Waals surface area contributed by atoms with Crippen LogP contribution in [0.5, 0.6) is 5.75 Å². The van der Waals surface area contributed by atoms with Gasteiger partial charge in [0.2, 0.25) is 5.91 Å². The van der Waals surface area contributed by atoms with Crippen molar-refractivity contribution in [2.75, 3.05) is 12.9 Å². The Bertz CT molecular complexity index is 642. The number of carbonyl (C=O) groups is 1. The first-order chi connectivity index (χ1) is 9.29. The average Bonchev–Trinajstić information content (AvgIpc) is 2.81. The fraction of sp³-hybridized carbons (Fsp3) is 0.462. The number of benzene rings is 1. The van der Waals surface area contributed by atoms with Gasteiger partial charge in [0.05, 0.1) is 6.61 Å². The van der Waals surface area contributed by atoms with E-state index in [2.05, 4.69) is 21.2 Å². The largest absolute Gasteiger partial charge is 0.493 e. The van der Waals surface area contributed by atoms with E-state index in [9.17, 15) is 13.2 Å². The van der Waals surface area contributed by atoms with Gasteiger partial charge in [-0.15, -0.1) is 0 Å². The van der Waals surface area contributed by atoms with Crippen LogP contribution in [0.4, 0.5) is 0 Å². The summed E-state index contributed by atoms with van der Waals surface area (Å²) < 4.78 is 29.1. The summed E-state index contributed by atoms with van der Waals surface area (Å²) in [6.45, 7) is 2.26. The van der Waals surface area contributed by atoms with E-state index in [1.165, 1.54) is 6.92 Å². The third kappa shape index (κ3) is 3.32. The number of hydrogen-bond donors (Lipinski definition) is 1. The molecular weight excluding hydrogens is 346 g/mol. The van der Waals surface area contributed by atoms with Crippen molar-refractivity contribution < 1.29 is 17.9 Å². The van der Waals surface area contributed by atoms with E-state index in [0.717, 1.165) is 34.0 Å². The predicted molar refractivity (Wildman–Crippen MR) is 79.5 cm³/mol. The summed E-state index contributed by atoms with van der Waals surface area (Å²) in [5.41, 5.74) is 1.95. The quantitative estimate of drug-likeness (QED) is 0.880. The van der Waals surface area contributed by atoms with Gasteiger partial charge in [-0.05, 0) is 24.6 Å². The highest BCUT2D eigenvalue weighted by molar-refractivity contribution is 9.10. The fourth-order valence-electron chi connectivity index (χ4n) is 2.00. The Kier molecular flexibility index (Phi) is 4.39. The zero-order chi connectivity index (χ0) is 14.9. The van der Waals surface area contributed by atoms with Crippen molar-refractivity contribution in [3.63, 3.8) is 0 Å². The molecule has 1 N–H and O–H groups in total. The van der Waals surface area contributed by atoms with Crippen molar-refractivity contribution in [1.82, 2.24) is 5.32 Å². The molecule has 20 heavy (non-hydrogen) atoms. The zero-order valence-electron chi connectivity index (χ0n) is 11.3. The van der Waals surface area contributed by atoms with Gasteiger partial charge >= 0.3 is 0 Å². The maximum atomic E-state index is 11.8. The van der Waals surface area contributed by atoms with Gasteiger partial charge in [0.1, 0.15) is 11.0 Å². The molecule has 1 aromatic rings. The van der Waals surface area contributed by atoms with Gasteiger partial charge in [-0.3, -0.25) is 4.79 Å². The lowest BCUT2D eigenvalue weighted by Gasteiger charge is -2.13. The monoisotopic (exact) mass is 361 g/mol. The van der Waals surface area contributed by atoms with E-state index in [0.29, 0.717) is 6.61 Å². The minimum Gasteiger partial charge on any atom is -0.493 e. The van der Waals surface area contributed by atoms with Crippen LogP contribution in [0.1, 0.15) is 18.1 Å². The lowest BCUT2D eigenvalue weighted by molar-refractivity contribution is -0.120. The Balaban J connectivity index is 2.11. The Hall–Kier alpha value is -1.08. The zero-order valence-corrected chi connectivity index (χ0v) is 13.7. The molecule has 0 saturated carbocycles. The number of ether oxygens (including phenoxy) is 1. The number of rotatable bonds is 4. The minimum atomic E-state index is -3.38. The third-order valence-electron chi connectivity index (χ3n) is 3.29. The van der Waals surface area contributed by atoms with E-state index >= 15 is 0 Å². The van der Waals surface area contributed by atoms with E-state index in [-0.39, 0.29) is 6.54 Å². The first-order valence-electron chi connectivity index (χ1n) is 6.19. The summed E-state index contributed by atoms with van der Waals surface area (Å²) >= 11 is 3.42. The summed E-state index contributed by atoms with van der Waals surface area (Å²) in [6, 6.07) is 3.86. The summed E-state index contributed by atoms with van der Waals surface area (Å²) in [5.74, 6) is 0.291. The molecule has 1 aromatic carbocycles. The van der Waals surface area contributed by atoms with Crippen LogP contribution >= 0.6 is 15.9 Å². The van der Waals surface area contributed by atoms with Crippen LogP contribution in [0.15, 0.2) is 16.6 Å². The highest BCUT2D eigenvalue weighted by Gasteiger charge is 2.24. The number of nitrogens with one attached hydrogen (secondary N) is 1. The summed E-state index contributed by atoms with van der Waals surface area (Å²) in [7, 11) is -3.38. The molecule has 0 saturated heterocycles. The molecule has 0 aromatic heterocycles. The second kappa shape index (κ2) is 5.73. The molecule has 1 aliphatic heterocycles. The van der Waals surface area contributed by atoms with E-state index < -0.39 is 21.0 Å². The Morgan fingerprint density at radius 1 is 1.50 bits per heavy atom. The second-order valence-electron chi connectivity index (χ2n) is 4.84. The third-order valence-corrected chi connectivity index (χ3v) is 5.25. The van der Waals surface area contributed by atoms with E-state index in [1.54, 1.807) is 0 Å². The maximum absolute atomic E-state index is 11.8. The highest BCUT2D eigenvalue weighted by Crippen LogP contribution is 2.32. The first-order valence-corrected chi connectivity index (χ1v) is 8.94.